The highest BCUT2D eigenvalue weighted by molar-refractivity contribution is 4.94. The van der Waals surface area contributed by atoms with Crippen LogP contribution in [0.2, 0.25) is 0 Å². The third-order valence-corrected chi connectivity index (χ3v) is 3.10. The molecule has 0 spiro atoms. The molecule has 5 atom stereocenters. The molecule has 1 aliphatic heterocycles. The van der Waals surface area contributed by atoms with Crippen molar-refractivity contribution in [3.8, 4) is 0 Å². The lowest BCUT2D eigenvalue weighted by Crippen LogP contribution is -2.57. The molecule has 0 saturated carbocycles. The molecule has 1 aliphatic rings. The van der Waals surface area contributed by atoms with E-state index in [0.717, 1.165) is 0 Å². The van der Waals surface area contributed by atoms with Gasteiger partial charge in [0.1, 0.15) is 12.2 Å². The maximum Gasteiger partial charge on any atom is 0.109 e. The summed E-state index contributed by atoms with van der Waals surface area (Å²) in [5, 5.41) is 28.5. The van der Waals surface area contributed by atoms with Crippen molar-refractivity contribution in [1.82, 2.24) is 0 Å². The minimum Gasteiger partial charge on any atom is -0.394 e. The fourth-order valence-electron chi connectivity index (χ4n) is 2.25. The normalized spacial score (nSPS) is 43.0. The van der Waals surface area contributed by atoms with Crippen LogP contribution in [0.15, 0.2) is 0 Å². The van der Waals surface area contributed by atoms with Gasteiger partial charge in [-0.1, -0.05) is 27.7 Å². The first-order valence-electron chi connectivity index (χ1n) is 5.41. The Balaban J connectivity index is 2.83. The highest BCUT2D eigenvalue weighted by atomic mass is 16.5. The molecule has 0 radical (unpaired) electrons. The molecule has 90 valence electrons. The van der Waals surface area contributed by atoms with Crippen LogP contribution in [0.25, 0.3) is 0 Å². The Hall–Kier alpha value is -0.160. The van der Waals surface area contributed by atoms with E-state index in [1.165, 1.54) is 0 Å². The summed E-state index contributed by atoms with van der Waals surface area (Å²) in [6.45, 7) is 7.65. The number of hydrogen-bond donors (Lipinski definition) is 3. The van der Waals surface area contributed by atoms with Crippen molar-refractivity contribution in [3.63, 3.8) is 0 Å². The van der Waals surface area contributed by atoms with Gasteiger partial charge in [-0.3, -0.25) is 0 Å². The molecule has 4 heteroatoms. The minimum absolute atomic E-state index is 0.117. The number of aliphatic hydroxyl groups excluding tert-OH is 3. The topological polar surface area (TPSA) is 69.9 Å². The van der Waals surface area contributed by atoms with Crippen molar-refractivity contribution in [1.29, 1.82) is 0 Å². The van der Waals surface area contributed by atoms with Crippen molar-refractivity contribution in [3.05, 3.63) is 0 Å². The third-order valence-electron chi connectivity index (χ3n) is 3.10. The van der Waals surface area contributed by atoms with Crippen LogP contribution < -0.4 is 0 Å². The van der Waals surface area contributed by atoms with Crippen LogP contribution in [-0.4, -0.2) is 46.3 Å². The zero-order valence-electron chi connectivity index (χ0n) is 9.84. The van der Waals surface area contributed by atoms with Gasteiger partial charge in [0, 0.05) is 5.92 Å². The van der Waals surface area contributed by atoms with Crippen LogP contribution in [0.1, 0.15) is 27.7 Å². The molecule has 1 fully saturated rings. The lowest BCUT2D eigenvalue weighted by molar-refractivity contribution is -0.228. The smallest absolute Gasteiger partial charge is 0.109 e. The Morgan fingerprint density at radius 1 is 1.13 bits per heavy atom. The van der Waals surface area contributed by atoms with E-state index in [0.29, 0.717) is 0 Å². The number of aliphatic hydroxyl groups is 3. The predicted octanol–water partition coefficient (Wildman–Crippen LogP) is 0.150. The van der Waals surface area contributed by atoms with Crippen LogP contribution in [0.5, 0.6) is 0 Å². The van der Waals surface area contributed by atoms with E-state index < -0.39 is 18.3 Å². The van der Waals surface area contributed by atoms with Gasteiger partial charge in [0.2, 0.25) is 0 Å². The van der Waals surface area contributed by atoms with E-state index in [1.54, 1.807) is 0 Å². The van der Waals surface area contributed by atoms with E-state index in [9.17, 15) is 10.2 Å². The Bertz CT molecular complexity index is 209. The van der Waals surface area contributed by atoms with E-state index >= 15 is 0 Å². The fourth-order valence-corrected chi connectivity index (χ4v) is 2.25. The van der Waals surface area contributed by atoms with E-state index in [4.69, 9.17) is 9.84 Å². The number of hydrogen-bond acceptors (Lipinski definition) is 4. The van der Waals surface area contributed by atoms with E-state index in [-0.39, 0.29) is 24.0 Å². The highest BCUT2D eigenvalue weighted by Gasteiger charge is 2.45. The second-order valence-electron chi connectivity index (χ2n) is 5.48. The largest absolute Gasteiger partial charge is 0.394 e. The zero-order chi connectivity index (χ0) is 11.8. The van der Waals surface area contributed by atoms with Gasteiger partial charge < -0.3 is 20.1 Å². The fraction of sp³-hybridized carbons (Fsp3) is 1.00. The van der Waals surface area contributed by atoms with Crippen LogP contribution in [0.4, 0.5) is 0 Å². The van der Waals surface area contributed by atoms with Crippen molar-refractivity contribution >= 4 is 0 Å². The Kier molecular flexibility index (Phi) is 3.76. The molecular formula is C11H22O4. The lowest BCUT2D eigenvalue weighted by Gasteiger charge is -2.46. The first kappa shape index (κ1) is 12.9. The summed E-state index contributed by atoms with van der Waals surface area (Å²) in [7, 11) is 0. The summed E-state index contributed by atoms with van der Waals surface area (Å²) in [5.74, 6) is -0.136. The molecule has 15 heavy (non-hydrogen) atoms. The van der Waals surface area contributed by atoms with Crippen LogP contribution in [0, 0.1) is 11.3 Å². The quantitative estimate of drug-likeness (QED) is 0.586. The SMILES string of the molecule is CC1C(O)C(O)C(CO)OC1C(C)(C)C. The molecule has 0 bridgehead atoms. The minimum atomic E-state index is -0.997. The molecule has 3 N–H and O–H groups in total. The maximum atomic E-state index is 9.84. The molecule has 1 rings (SSSR count). The summed E-state index contributed by atoms with van der Waals surface area (Å²) in [5.41, 5.74) is -0.117. The van der Waals surface area contributed by atoms with Crippen LogP contribution in [0.3, 0.4) is 0 Å². The second kappa shape index (κ2) is 4.37. The molecule has 1 heterocycles. The van der Waals surface area contributed by atoms with Gasteiger partial charge in [-0.25, -0.2) is 0 Å². The Morgan fingerprint density at radius 2 is 1.67 bits per heavy atom. The first-order chi connectivity index (χ1) is 6.79. The van der Waals surface area contributed by atoms with Crippen molar-refractivity contribution < 1.29 is 20.1 Å². The van der Waals surface area contributed by atoms with Gasteiger partial charge in [0.05, 0.1) is 18.8 Å². The third kappa shape index (κ3) is 2.50. The van der Waals surface area contributed by atoms with Gasteiger partial charge >= 0.3 is 0 Å². The van der Waals surface area contributed by atoms with Gasteiger partial charge in [0.25, 0.3) is 0 Å². The summed E-state index contributed by atoms with van der Waals surface area (Å²) in [6.07, 6.45) is -2.67. The summed E-state index contributed by atoms with van der Waals surface area (Å²) < 4.78 is 5.63. The Labute approximate surface area is 90.9 Å². The lowest BCUT2D eigenvalue weighted by atomic mass is 9.76. The second-order valence-corrected chi connectivity index (χ2v) is 5.48. The highest BCUT2D eigenvalue weighted by Crippen LogP contribution is 2.36. The standard InChI is InChI=1S/C11H22O4/c1-6-8(13)9(14)7(5-12)15-10(6)11(2,3)4/h6-10,12-14H,5H2,1-4H3. The van der Waals surface area contributed by atoms with E-state index in [1.807, 2.05) is 27.7 Å². The average molecular weight is 218 g/mol. The molecule has 0 amide bonds. The molecule has 0 aromatic carbocycles. The summed E-state index contributed by atoms with van der Waals surface area (Å²) in [6, 6.07) is 0. The van der Waals surface area contributed by atoms with E-state index in [2.05, 4.69) is 0 Å². The molecule has 0 aromatic rings. The predicted molar refractivity (Wildman–Crippen MR) is 56.4 cm³/mol. The summed E-state index contributed by atoms with van der Waals surface area (Å²) >= 11 is 0. The van der Waals surface area contributed by atoms with Gasteiger partial charge in [-0.15, -0.1) is 0 Å². The number of ether oxygens (including phenoxy) is 1. The average Bonchev–Trinajstić information content (AvgIpc) is 2.13. The van der Waals surface area contributed by atoms with Gasteiger partial charge in [0.15, 0.2) is 0 Å². The number of rotatable bonds is 1. The van der Waals surface area contributed by atoms with Crippen LogP contribution >= 0.6 is 0 Å². The van der Waals surface area contributed by atoms with Crippen molar-refractivity contribution in [2.24, 2.45) is 11.3 Å². The molecule has 0 aromatic heterocycles. The monoisotopic (exact) mass is 218 g/mol. The van der Waals surface area contributed by atoms with Crippen molar-refractivity contribution in [2.75, 3.05) is 6.61 Å². The van der Waals surface area contributed by atoms with Crippen molar-refractivity contribution in [2.45, 2.75) is 52.1 Å². The molecule has 1 saturated heterocycles. The molecule has 4 nitrogen and oxygen atoms in total. The zero-order valence-corrected chi connectivity index (χ0v) is 9.84. The van der Waals surface area contributed by atoms with Crippen LogP contribution in [-0.2, 0) is 4.74 Å². The summed E-state index contributed by atoms with van der Waals surface area (Å²) in [4.78, 5) is 0. The molecular weight excluding hydrogens is 196 g/mol. The Morgan fingerprint density at radius 3 is 2.07 bits per heavy atom. The first-order valence-corrected chi connectivity index (χ1v) is 5.41. The van der Waals surface area contributed by atoms with Gasteiger partial charge in [-0.2, -0.15) is 0 Å². The maximum absolute atomic E-state index is 9.84. The molecule has 5 unspecified atom stereocenters. The molecule has 0 aliphatic carbocycles. The van der Waals surface area contributed by atoms with Gasteiger partial charge in [-0.05, 0) is 5.41 Å².